The number of hydrogen-bond acceptors (Lipinski definition) is 5. The molecule has 0 atom stereocenters. The van der Waals surface area contributed by atoms with Crippen LogP contribution in [0.3, 0.4) is 0 Å². The smallest absolute Gasteiger partial charge is 0.420 e. The van der Waals surface area contributed by atoms with E-state index in [2.05, 4.69) is 9.97 Å². The molecule has 2 heterocycles. The summed E-state index contributed by atoms with van der Waals surface area (Å²) in [4.78, 5) is 21.7. The minimum Gasteiger partial charge on any atom is -0.493 e. The molecule has 31 heavy (non-hydrogen) atoms. The third-order valence-corrected chi connectivity index (χ3v) is 5.04. The first-order valence-corrected chi connectivity index (χ1v) is 10.3. The minimum absolute atomic E-state index is 0.0490. The van der Waals surface area contributed by atoms with Gasteiger partial charge >= 0.3 is 12.2 Å². The summed E-state index contributed by atoms with van der Waals surface area (Å²) < 4.78 is 46.3. The van der Waals surface area contributed by atoms with E-state index in [1.807, 2.05) is 32.9 Å². The third-order valence-electron chi connectivity index (χ3n) is 4.21. The second-order valence-corrected chi connectivity index (χ2v) is 8.10. The topological polar surface area (TPSA) is 81.3 Å². The Kier molecular flexibility index (Phi) is 6.49. The number of urea groups is 1. The number of benzene rings is 1. The van der Waals surface area contributed by atoms with Crippen molar-refractivity contribution in [2.24, 2.45) is 11.7 Å². The second-order valence-electron chi connectivity index (χ2n) is 7.26. The van der Waals surface area contributed by atoms with Gasteiger partial charge in [0.15, 0.2) is 5.13 Å². The maximum atomic E-state index is 13.6. The van der Waals surface area contributed by atoms with E-state index in [9.17, 15) is 18.0 Å². The van der Waals surface area contributed by atoms with Gasteiger partial charge in [0.2, 0.25) is 0 Å². The molecule has 0 bridgehead atoms. The van der Waals surface area contributed by atoms with Crippen LogP contribution in [0.5, 0.6) is 5.75 Å². The number of alkyl halides is 3. The molecule has 0 unspecified atom stereocenters. The lowest BCUT2D eigenvalue weighted by atomic mass is 10.1. The Morgan fingerprint density at radius 3 is 2.58 bits per heavy atom. The lowest BCUT2D eigenvalue weighted by molar-refractivity contribution is -0.139. The fourth-order valence-electron chi connectivity index (χ4n) is 2.71. The minimum atomic E-state index is -4.67. The van der Waals surface area contributed by atoms with Crippen LogP contribution in [0.4, 0.5) is 28.8 Å². The number of nitrogens with two attached hydrogens (primary N) is 1. The van der Waals surface area contributed by atoms with E-state index in [1.54, 1.807) is 11.6 Å². The molecule has 2 amide bonds. The number of hydrogen-bond donors (Lipinski definition) is 1. The zero-order valence-corrected chi connectivity index (χ0v) is 17.9. The highest BCUT2D eigenvalue weighted by Gasteiger charge is 2.36. The van der Waals surface area contributed by atoms with Gasteiger partial charge in [-0.05, 0) is 43.2 Å². The quantitative estimate of drug-likeness (QED) is 0.516. The van der Waals surface area contributed by atoms with Crippen molar-refractivity contribution in [3.05, 3.63) is 53.2 Å². The number of anilines is 2. The van der Waals surface area contributed by atoms with Gasteiger partial charge in [0.05, 0.1) is 23.6 Å². The van der Waals surface area contributed by atoms with Crippen LogP contribution in [0.15, 0.2) is 41.9 Å². The lowest BCUT2D eigenvalue weighted by Crippen LogP contribution is -2.31. The molecular formula is C21H21F3N4O2S. The summed E-state index contributed by atoms with van der Waals surface area (Å²) in [5.74, 6) is -0.257. The monoisotopic (exact) mass is 450 g/mol. The van der Waals surface area contributed by atoms with Crippen molar-refractivity contribution in [3.8, 4) is 17.0 Å². The Hall–Kier alpha value is -3.14. The molecule has 2 N–H and O–H groups in total. The van der Waals surface area contributed by atoms with Crippen molar-refractivity contribution in [2.75, 3.05) is 11.5 Å². The lowest BCUT2D eigenvalue weighted by Gasteiger charge is -2.21. The highest BCUT2D eigenvalue weighted by molar-refractivity contribution is 7.14. The molecule has 0 spiro atoms. The summed E-state index contributed by atoms with van der Waals surface area (Å²) >= 11 is 1.09. The third kappa shape index (κ3) is 5.32. The zero-order valence-electron chi connectivity index (χ0n) is 17.1. The van der Waals surface area contributed by atoms with Crippen LogP contribution < -0.4 is 15.4 Å². The van der Waals surface area contributed by atoms with Crippen LogP contribution in [0.1, 0.15) is 25.1 Å². The van der Waals surface area contributed by atoms with Crippen molar-refractivity contribution in [3.63, 3.8) is 0 Å². The Morgan fingerprint density at radius 2 is 2.00 bits per heavy atom. The Morgan fingerprint density at radius 1 is 1.26 bits per heavy atom. The van der Waals surface area contributed by atoms with Gasteiger partial charge in [-0.2, -0.15) is 13.2 Å². The number of thiazole rings is 1. The van der Waals surface area contributed by atoms with E-state index in [0.29, 0.717) is 11.3 Å². The number of primary amides is 1. The molecule has 10 heteroatoms. The van der Waals surface area contributed by atoms with Crippen LogP contribution in [0.25, 0.3) is 11.3 Å². The molecule has 0 aliphatic rings. The fourth-order valence-corrected chi connectivity index (χ4v) is 3.57. The number of aromatic nitrogens is 2. The van der Waals surface area contributed by atoms with Gasteiger partial charge in [-0.1, -0.05) is 13.8 Å². The van der Waals surface area contributed by atoms with Crippen LogP contribution in [-0.4, -0.2) is 22.6 Å². The van der Waals surface area contributed by atoms with Gasteiger partial charge in [-0.15, -0.1) is 11.3 Å². The van der Waals surface area contributed by atoms with Gasteiger partial charge < -0.3 is 10.5 Å². The van der Waals surface area contributed by atoms with Crippen molar-refractivity contribution >= 4 is 28.2 Å². The number of halogens is 3. The molecule has 0 radical (unpaired) electrons. The van der Waals surface area contributed by atoms with Gasteiger partial charge in [-0.3, -0.25) is 4.98 Å². The molecule has 3 aromatic rings. The molecule has 2 aromatic heterocycles. The molecule has 0 saturated carbocycles. The molecule has 6 nitrogen and oxygen atoms in total. The average Bonchev–Trinajstić information content (AvgIpc) is 3.16. The number of amides is 2. The molecule has 0 aliphatic heterocycles. The number of ether oxygens (including phenoxy) is 1. The van der Waals surface area contributed by atoms with Crippen molar-refractivity contribution in [1.82, 2.24) is 9.97 Å². The van der Waals surface area contributed by atoms with E-state index in [-0.39, 0.29) is 29.1 Å². The number of nitrogens with zero attached hydrogens (tertiary/aromatic N) is 3. The van der Waals surface area contributed by atoms with Gasteiger partial charge in [-0.25, -0.2) is 14.7 Å². The predicted molar refractivity (Wildman–Crippen MR) is 114 cm³/mol. The Balaban J connectivity index is 2.00. The predicted octanol–water partition coefficient (Wildman–Crippen LogP) is 5.78. The highest BCUT2D eigenvalue weighted by Crippen LogP contribution is 2.40. The van der Waals surface area contributed by atoms with E-state index in [4.69, 9.17) is 10.5 Å². The number of rotatable bonds is 6. The highest BCUT2D eigenvalue weighted by atomic mass is 32.1. The van der Waals surface area contributed by atoms with E-state index in [1.165, 1.54) is 12.1 Å². The summed E-state index contributed by atoms with van der Waals surface area (Å²) in [6.45, 7) is 5.64. The molecule has 3 rings (SSSR count). The van der Waals surface area contributed by atoms with Crippen molar-refractivity contribution in [1.29, 1.82) is 0 Å². The number of carbonyl (C=O) groups excluding carboxylic acids is 1. The van der Waals surface area contributed by atoms with Crippen LogP contribution in [0.2, 0.25) is 0 Å². The SMILES string of the molecule is Cc1ccc(-c2csc(N(C(N)=O)c3ccc(OCC(C)C)c(C(F)(F)F)c3)n2)cn1. The Bertz CT molecular complexity index is 1070. The molecule has 0 saturated heterocycles. The maximum absolute atomic E-state index is 13.6. The van der Waals surface area contributed by atoms with Crippen LogP contribution >= 0.6 is 11.3 Å². The molecule has 0 fully saturated rings. The summed E-state index contributed by atoms with van der Waals surface area (Å²) in [6.07, 6.45) is -3.04. The summed E-state index contributed by atoms with van der Waals surface area (Å²) in [5.41, 5.74) is 6.53. The van der Waals surface area contributed by atoms with Gasteiger partial charge in [0.25, 0.3) is 0 Å². The van der Waals surface area contributed by atoms with Crippen LogP contribution in [0, 0.1) is 12.8 Å². The van der Waals surface area contributed by atoms with E-state index >= 15 is 0 Å². The molecule has 1 aromatic carbocycles. The largest absolute Gasteiger partial charge is 0.493 e. The first-order valence-electron chi connectivity index (χ1n) is 9.38. The first kappa shape index (κ1) is 22.5. The summed E-state index contributed by atoms with van der Waals surface area (Å²) in [6, 6.07) is 6.06. The molecule has 0 aliphatic carbocycles. The van der Waals surface area contributed by atoms with Crippen molar-refractivity contribution in [2.45, 2.75) is 26.9 Å². The summed E-state index contributed by atoms with van der Waals surface area (Å²) in [7, 11) is 0. The van der Waals surface area contributed by atoms with E-state index in [0.717, 1.165) is 28.0 Å². The number of aryl methyl sites for hydroxylation is 1. The van der Waals surface area contributed by atoms with Crippen molar-refractivity contribution < 1.29 is 22.7 Å². The number of carbonyl (C=O) groups is 1. The average molecular weight is 450 g/mol. The van der Waals surface area contributed by atoms with Crippen LogP contribution in [-0.2, 0) is 6.18 Å². The number of pyridine rings is 1. The maximum Gasteiger partial charge on any atom is 0.420 e. The normalized spacial score (nSPS) is 11.6. The fraction of sp³-hybridized carbons (Fsp3) is 0.286. The first-order chi connectivity index (χ1) is 14.6. The second kappa shape index (κ2) is 8.93. The standard InChI is InChI=1S/C21H21F3N4O2S/c1-12(2)10-30-18-7-6-15(8-16(18)21(22,23)24)28(19(25)29)20-27-17(11-31-20)14-5-4-13(3)26-9-14/h4-9,11-12H,10H2,1-3H3,(H2,25,29). The summed E-state index contributed by atoms with van der Waals surface area (Å²) in [5, 5.41) is 1.83. The zero-order chi connectivity index (χ0) is 22.8. The van der Waals surface area contributed by atoms with Gasteiger partial charge in [0.1, 0.15) is 5.75 Å². The molecule has 164 valence electrons. The van der Waals surface area contributed by atoms with E-state index < -0.39 is 17.8 Å². The van der Waals surface area contributed by atoms with Gasteiger partial charge in [0, 0.05) is 22.8 Å². The Labute approximate surface area is 181 Å². The molecular weight excluding hydrogens is 429 g/mol.